The fraction of sp³-hybridized carbons (Fsp3) is 0.435. The van der Waals surface area contributed by atoms with Crippen LogP contribution < -0.4 is 15.8 Å². The molecule has 164 valence electrons. The Morgan fingerprint density at radius 1 is 1.26 bits per heavy atom. The molecular weight excluding hydrogens is 428 g/mol. The number of thiophene rings is 1. The van der Waals surface area contributed by atoms with E-state index in [-0.39, 0.29) is 17.2 Å². The molecule has 8 heteroatoms. The lowest BCUT2D eigenvalue weighted by Crippen LogP contribution is -2.30. The molecule has 0 aliphatic heterocycles. The van der Waals surface area contributed by atoms with Gasteiger partial charge in [0, 0.05) is 28.8 Å². The maximum atomic E-state index is 12.6. The predicted octanol–water partition coefficient (Wildman–Crippen LogP) is 4.83. The van der Waals surface area contributed by atoms with Gasteiger partial charge in [-0.2, -0.15) is 0 Å². The van der Waals surface area contributed by atoms with E-state index in [1.165, 1.54) is 28.6 Å². The molecule has 1 aliphatic carbocycles. The van der Waals surface area contributed by atoms with E-state index in [9.17, 15) is 9.59 Å². The van der Waals surface area contributed by atoms with E-state index in [1.807, 2.05) is 24.3 Å². The third-order valence-corrected chi connectivity index (χ3v) is 7.65. The second-order valence-corrected chi connectivity index (χ2v) is 10.1. The van der Waals surface area contributed by atoms with E-state index in [0.29, 0.717) is 11.2 Å². The number of nitrogens with zero attached hydrogens (tertiary/aromatic N) is 2. The summed E-state index contributed by atoms with van der Waals surface area (Å²) in [6.07, 6.45) is 4.30. The van der Waals surface area contributed by atoms with Crippen LogP contribution in [-0.2, 0) is 17.6 Å². The first-order chi connectivity index (χ1) is 15.0. The Morgan fingerprint density at radius 2 is 2.00 bits per heavy atom. The molecule has 0 saturated carbocycles. The number of anilines is 2. The van der Waals surface area contributed by atoms with Crippen LogP contribution in [0.4, 0.5) is 11.4 Å². The molecule has 0 atom stereocenters. The van der Waals surface area contributed by atoms with Crippen LogP contribution >= 0.6 is 23.1 Å². The summed E-state index contributed by atoms with van der Waals surface area (Å²) < 4.78 is 0. The molecule has 0 unspecified atom stereocenters. The summed E-state index contributed by atoms with van der Waals surface area (Å²) in [5, 5.41) is 4.17. The number of amides is 1. The number of thioether (sulfide) groups is 1. The zero-order chi connectivity index (χ0) is 22.0. The topological polar surface area (TPSA) is 78.1 Å². The van der Waals surface area contributed by atoms with Crippen molar-refractivity contribution in [2.24, 2.45) is 0 Å². The Hall–Kier alpha value is -2.32. The Morgan fingerprint density at radius 3 is 2.71 bits per heavy atom. The molecule has 2 N–H and O–H groups in total. The molecule has 4 rings (SSSR count). The highest BCUT2D eigenvalue weighted by Gasteiger charge is 2.20. The number of aromatic nitrogens is 2. The molecule has 0 bridgehead atoms. The van der Waals surface area contributed by atoms with Gasteiger partial charge in [-0.25, -0.2) is 4.98 Å². The van der Waals surface area contributed by atoms with E-state index in [4.69, 9.17) is 0 Å². The van der Waals surface area contributed by atoms with E-state index in [0.717, 1.165) is 47.4 Å². The number of carbonyl (C=O) groups is 1. The molecule has 3 aromatic rings. The zero-order valence-electron chi connectivity index (χ0n) is 18.2. The van der Waals surface area contributed by atoms with Crippen LogP contribution in [0.25, 0.3) is 10.2 Å². The van der Waals surface area contributed by atoms with Crippen molar-refractivity contribution >= 4 is 50.6 Å². The van der Waals surface area contributed by atoms with Crippen molar-refractivity contribution in [3.63, 3.8) is 0 Å². The molecule has 0 saturated heterocycles. The van der Waals surface area contributed by atoms with Crippen molar-refractivity contribution in [2.75, 3.05) is 22.5 Å². The Balaban J connectivity index is 1.40. The highest BCUT2D eigenvalue weighted by molar-refractivity contribution is 7.99. The third-order valence-electron chi connectivity index (χ3n) is 5.59. The Kier molecular flexibility index (Phi) is 6.67. The Bertz CT molecular complexity index is 1130. The monoisotopic (exact) mass is 456 g/mol. The van der Waals surface area contributed by atoms with Gasteiger partial charge in [-0.05, 0) is 76.3 Å². The number of rotatable bonds is 7. The summed E-state index contributed by atoms with van der Waals surface area (Å²) >= 11 is 2.88. The summed E-state index contributed by atoms with van der Waals surface area (Å²) in [5.41, 5.74) is 2.99. The lowest BCUT2D eigenvalue weighted by Gasteiger charge is -2.27. The number of fused-ring (bicyclic) bond motifs is 3. The SMILES string of the molecule is CCN(c1ccc(NC(=O)CSc2nc3sc4c(c3c(=O)[nH]2)CCCC4)cc1)C(C)C. The molecule has 1 amide bonds. The minimum absolute atomic E-state index is 0.0893. The van der Waals surface area contributed by atoms with Crippen molar-refractivity contribution in [1.29, 1.82) is 0 Å². The minimum atomic E-state index is -0.123. The van der Waals surface area contributed by atoms with E-state index in [1.54, 1.807) is 11.3 Å². The van der Waals surface area contributed by atoms with Crippen molar-refractivity contribution in [2.45, 2.75) is 57.7 Å². The van der Waals surface area contributed by atoms with Gasteiger partial charge in [0.1, 0.15) is 4.83 Å². The van der Waals surface area contributed by atoms with Crippen LogP contribution in [0.3, 0.4) is 0 Å². The number of benzene rings is 1. The van der Waals surface area contributed by atoms with Gasteiger partial charge >= 0.3 is 0 Å². The smallest absolute Gasteiger partial charge is 0.260 e. The van der Waals surface area contributed by atoms with Crippen molar-refractivity contribution in [1.82, 2.24) is 9.97 Å². The lowest BCUT2D eigenvalue weighted by atomic mass is 9.97. The first kappa shape index (κ1) is 21.9. The molecule has 1 aromatic carbocycles. The average Bonchev–Trinajstić information content (AvgIpc) is 3.12. The third kappa shape index (κ3) is 4.80. The van der Waals surface area contributed by atoms with Gasteiger partial charge in [-0.1, -0.05) is 11.8 Å². The molecule has 6 nitrogen and oxygen atoms in total. The van der Waals surface area contributed by atoms with Crippen LogP contribution in [0.15, 0.2) is 34.2 Å². The van der Waals surface area contributed by atoms with Gasteiger partial charge < -0.3 is 15.2 Å². The second kappa shape index (κ2) is 9.44. The molecule has 2 aromatic heterocycles. The maximum Gasteiger partial charge on any atom is 0.260 e. The van der Waals surface area contributed by atoms with Gasteiger partial charge in [0.2, 0.25) is 5.91 Å². The maximum absolute atomic E-state index is 12.6. The first-order valence-corrected chi connectivity index (χ1v) is 12.6. The minimum Gasteiger partial charge on any atom is -0.369 e. The van der Waals surface area contributed by atoms with Crippen LogP contribution in [0.5, 0.6) is 0 Å². The number of hydrogen-bond donors (Lipinski definition) is 2. The van der Waals surface area contributed by atoms with Crippen LogP contribution in [0, 0.1) is 0 Å². The van der Waals surface area contributed by atoms with Crippen LogP contribution in [-0.4, -0.2) is 34.2 Å². The fourth-order valence-electron chi connectivity index (χ4n) is 4.13. The van der Waals surface area contributed by atoms with Gasteiger partial charge in [0.15, 0.2) is 5.16 Å². The highest BCUT2D eigenvalue weighted by Crippen LogP contribution is 2.34. The van der Waals surface area contributed by atoms with E-state index in [2.05, 4.69) is 41.0 Å². The summed E-state index contributed by atoms with van der Waals surface area (Å²) in [6.45, 7) is 7.39. The number of aryl methyl sites for hydroxylation is 2. The number of hydrogen-bond acceptors (Lipinski definition) is 6. The lowest BCUT2D eigenvalue weighted by molar-refractivity contribution is -0.113. The molecule has 0 spiro atoms. The van der Waals surface area contributed by atoms with E-state index < -0.39 is 0 Å². The summed E-state index contributed by atoms with van der Waals surface area (Å²) in [5.74, 6) is 0.0659. The number of nitrogens with one attached hydrogen (secondary N) is 2. The largest absolute Gasteiger partial charge is 0.369 e. The quantitative estimate of drug-likeness (QED) is 0.393. The fourth-order valence-corrected chi connectivity index (χ4v) is 6.11. The average molecular weight is 457 g/mol. The number of H-pyrrole nitrogens is 1. The zero-order valence-corrected chi connectivity index (χ0v) is 19.8. The molecule has 0 fully saturated rings. The summed E-state index contributed by atoms with van der Waals surface area (Å²) in [4.78, 5) is 36.9. The number of carbonyl (C=O) groups excluding carboxylic acids is 1. The molecule has 31 heavy (non-hydrogen) atoms. The van der Waals surface area contributed by atoms with Gasteiger partial charge in [-0.3, -0.25) is 9.59 Å². The van der Waals surface area contributed by atoms with E-state index >= 15 is 0 Å². The summed E-state index contributed by atoms with van der Waals surface area (Å²) in [7, 11) is 0. The summed E-state index contributed by atoms with van der Waals surface area (Å²) in [6, 6.07) is 8.31. The molecule has 2 heterocycles. The molecule has 0 radical (unpaired) electrons. The Labute approximate surface area is 190 Å². The molecule has 1 aliphatic rings. The van der Waals surface area contributed by atoms with Crippen LogP contribution in [0.1, 0.15) is 44.1 Å². The normalized spacial score (nSPS) is 13.4. The van der Waals surface area contributed by atoms with Crippen molar-refractivity contribution < 1.29 is 4.79 Å². The standard InChI is InChI=1S/C23H28N4O2S2/c1-4-27(14(2)3)16-11-9-15(10-12-16)24-19(28)13-30-23-25-21(29)20-17-7-5-6-8-18(17)31-22(20)26-23/h9-12,14H,4-8,13H2,1-3H3,(H,24,28)(H,25,26,29). The van der Waals surface area contributed by atoms with Crippen molar-refractivity contribution in [3.05, 3.63) is 45.1 Å². The highest BCUT2D eigenvalue weighted by atomic mass is 32.2. The second-order valence-electron chi connectivity index (χ2n) is 8.03. The predicted molar refractivity (Wildman–Crippen MR) is 131 cm³/mol. The van der Waals surface area contributed by atoms with Gasteiger partial charge in [0.05, 0.1) is 11.1 Å². The van der Waals surface area contributed by atoms with Gasteiger partial charge in [0.25, 0.3) is 5.56 Å². The molecular formula is C23H28N4O2S2. The van der Waals surface area contributed by atoms with Gasteiger partial charge in [-0.15, -0.1) is 11.3 Å². The first-order valence-electron chi connectivity index (χ1n) is 10.8. The van der Waals surface area contributed by atoms with Crippen molar-refractivity contribution in [3.8, 4) is 0 Å². The van der Waals surface area contributed by atoms with Crippen LogP contribution in [0.2, 0.25) is 0 Å². The number of aromatic amines is 1.